The highest BCUT2D eigenvalue weighted by Crippen LogP contribution is 2.37. The van der Waals surface area contributed by atoms with Crippen LogP contribution in [0.1, 0.15) is 41.1 Å². The van der Waals surface area contributed by atoms with Crippen molar-refractivity contribution >= 4 is 34.4 Å². The van der Waals surface area contributed by atoms with E-state index < -0.39 is 23.9 Å². The van der Waals surface area contributed by atoms with Crippen LogP contribution in [0.5, 0.6) is 11.5 Å². The van der Waals surface area contributed by atoms with Gasteiger partial charge in [0.15, 0.2) is 11.6 Å². The molecule has 0 radical (unpaired) electrons. The van der Waals surface area contributed by atoms with Gasteiger partial charge in [0, 0.05) is 56.4 Å². The molecular weight excluding hydrogens is 575 g/mol. The average molecular weight is 605 g/mol. The Morgan fingerprint density at radius 3 is 2.63 bits per heavy atom. The van der Waals surface area contributed by atoms with Gasteiger partial charge in [-0.3, -0.25) is 14.0 Å². The van der Waals surface area contributed by atoms with E-state index in [1.165, 1.54) is 11.0 Å². The molecule has 11 nitrogen and oxygen atoms in total. The Balaban J connectivity index is 1.22. The predicted molar refractivity (Wildman–Crippen MR) is 158 cm³/mol. The Hall–Kier alpha value is -4.91. The topological polar surface area (TPSA) is 138 Å². The van der Waals surface area contributed by atoms with E-state index in [0.29, 0.717) is 30.9 Å². The van der Waals surface area contributed by atoms with Crippen molar-refractivity contribution in [1.82, 2.24) is 24.2 Å². The van der Waals surface area contributed by atoms with Crippen LogP contribution in [0, 0.1) is 5.82 Å². The zero-order valence-corrected chi connectivity index (χ0v) is 24.3. The molecule has 0 saturated carbocycles. The van der Waals surface area contributed by atoms with Crippen LogP contribution in [-0.2, 0) is 7.05 Å². The van der Waals surface area contributed by atoms with E-state index >= 15 is 4.39 Å². The third kappa shape index (κ3) is 5.63. The number of carbonyl (C=O) groups excluding carboxylic acids is 1. The molecule has 2 aromatic carbocycles. The number of amides is 2. The van der Waals surface area contributed by atoms with Crippen LogP contribution in [-0.4, -0.2) is 60.5 Å². The first-order valence-electron chi connectivity index (χ1n) is 13.7. The molecule has 13 heteroatoms. The van der Waals surface area contributed by atoms with Crippen LogP contribution in [0.3, 0.4) is 0 Å². The zero-order chi connectivity index (χ0) is 30.2. The van der Waals surface area contributed by atoms with Crippen molar-refractivity contribution in [3.63, 3.8) is 0 Å². The van der Waals surface area contributed by atoms with Gasteiger partial charge in [-0.25, -0.2) is 14.2 Å². The molecule has 3 aromatic heterocycles. The predicted octanol–water partition coefficient (Wildman–Crippen LogP) is 5.39. The lowest BCUT2D eigenvalue weighted by atomic mass is 10.1. The van der Waals surface area contributed by atoms with E-state index in [1.54, 1.807) is 42.3 Å². The summed E-state index contributed by atoms with van der Waals surface area (Å²) in [6.45, 7) is 2.34. The van der Waals surface area contributed by atoms with Gasteiger partial charge in [0.2, 0.25) is 0 Å². The second-order valence-corrected chi connectivity index (χ2v) is 11.4. The molecule has 0 spiro atoms. The number of nitrogens with two attached hydrogens (primary N) is 1. The summed E-state index contributed by atoms with van der Waals surface area (Å²) in [7, 11) is 1.86. The first kappa shape index (κ1) is 28.2. The van der Waals surface area contributed by atoms with E-state index in [1.807, 2.05) is 36.0 Å². The minimum Gasteiger partial charge on any atom is -0.487 e. The highest BCUT2D eigenvalue weighted by Gasteiger charge is 2.26. The Bertz CT molecular complexity index is 1820. The molecule has 3 N–H and O–H groups in total. The van der Waals surface area contributed by atoms with Crippen LogP contribution in [0.2, 0.25) is 0 Å². The number of rotatable bonds is 8. The molecule has 1 saturated heterocycles. The molecule has 1 unspecified atom stereocenters. The molecule has 1 fully saturated rings. The molecule has 0 bridgehead atoms. The van der Waals surface area contributed by atoms with Gasteiger partial charge in [-0.05, 0) is 30.7 Å². The Labute approximate surface area is 249 Å². The zero-order valence-electron chi connectivity index (χ0n) is 23.4. The summed E-state index contributed by atoms with van der Waals surface area (Å²) in [5.74, 6) is -0.928. The number of piperidine rings is 1. The number of benzene rings is 2. The van der Waals surface area contributed by atoms with Gasteiger partial charge in [0.1, 0.15) is 34.2 Å². The standard InChI is InChI=1S/C30H29FN6O5S/c1-17(21-4-3-5-24(27(21)31)42-20-8-10-36(11-9-20)30(39)40)41-25-13-26(43-28(25)29(32)38)37-16-33-22-12-18(6-7-23(22)37)19-14-34-35(2)15-19/h3-7,12-17,20H,8-11H2,1-2H3,(H2,32,38)(H,39,40). The van der Waals surface area contributed by atoms with Crippen molar-refractivity contribution in [2.75, 3.05) is 13.1 Å². The summed E-state index contributed by atoms with van der Waals surface area (Å²) in [5.41, 5.74) is 9.50. The normalized spacial score (nSPS) is 14.6. The maximum Gasteiger partial charge on any atom is 0.407 e. The maximum atomic E-state index is 15.6. The lowest BCUT2D eigenvalue weighted by molar-refractivity contribution is 0.0866. The number of thiophene rings is 1. The Morgan fingerprint density at radius 2 is 1.93 bits per heavy atom. The number of aromatic nitrogens is 4. The van der Waals surface area contributed by atoms with Crippen molar-refractivity contribution < 1.29 is 28.6 Å². The minimum absolute atomic E-state index is 0.0680. The number of fused-ring (bicyclic) bond motifs is 1. The molecule has 0 aliphatic carbocycles. The molecule has 5 aromatic rings. The van der Waals surface area contributed by atoms with Gasteiger partial charge in [-0.1, -0.05) is 18.2 Å². The maximum absolute atomic E-state index is 15.6. The first-order chi connectivity index (χ1) is 20.7. The number of hydrogen-bond donors (Lipinski definition) is 2. The van der Waals surface area contributed by atoms with Crippen molar-refractivity contribution in [2.24, 2.45) is 12.8 Å². The van der Waals surface area contributed by atoms with Crippen LogP contribution >= 0.6 is 11.3 Å². The van der Waals surface area contributed by atoms with Gasteiger partial charge in [0.25, 0.3) is 5.91 Å². The highest BCUT2D eigenvalue weighted by atomic mass is 32.1. The van der Waals surface area contributed by atoms with E-state index in [4.69, 9.17) is 20.3 Å². The van der Waals surface area contributed by atoms with E-state index in [-0.39, 0.29) is 28.0 Å². The molecule has 43 heavy (non-hydrogen) atoms. The molecule has 4 heterocycles. The average Bonchev–Trinajstić information content (AvgIpc) is 3.72. The van der Waals surface area contributed by atoms with Crippen LogP contribution in [0.4, 0.5) is 9.18 Å². The molecule has 2 amide bonds. The number of imidazole rings is 1. The fourth-order valence-corrected chi connectivity index (χ4v) is 6.14. The number of carbonyl (C=O) groups is 2. The van der Waals surface area contributed by atoms with Crippen molar-refractivity contribution in [3.05, 3.63) is 77.4 Å². The summed E-state index contributed by atoms with van der Waals surface area (Å²) in [6.07, 6.45) is 4.27. The largest absolute Gasteiger partial charge is 0.487 e. The van der Waals surface area contributed by atoms with Crippen LogP contribution < -0.4 is 15.2 Å². The summed E-state index contributed by atoms with van der Waals surface area (Å²) >= 11 is 1.16. The van der Waals surface area contributed by atoms with E-state index in [0.717, 1.165) is 33.5 Å². The Morgan fingerprint density at radius 1 is 1.14 bits per heavy atom. The van der Waals surface area contributed by atoms with Gasteiger partial charge in [-0.15, -0.1) is 11.3 Å². The number of likely N-dealkylation sites (tertiary alicyclic amines) is 1. The molecule has 1 aliphatic heterocycles. The van der Waals surface area contributed by atoms with Crippen molar-refractivity contribution in [2.45, 2.75) is 32.0 Å². The van der Waals surface area contributed by atoms with Crippen molar-refractivity contribution in [1.29, 1.82) is 0 Å². The number of nitrogens with zero attached hydrogens (tertiary/aromatic N) is 5. The number of carboxylic acid groups (broad SMARTS) is 1. The summed E-state index contributed by atoms with van der Waals surface area (Å²) in [5, 5.41) is 14.1. The summed E-state index contributed by atoms with van der Waals surface area (Å²) in [6, 6.07) is 12.4. The first-order valence-corrected chi connectivity index (χ1v) is 14.5. The lowest BCUT2D eigenvalue weighted by Crippen LogP contribution is -2.41. The highest BCUT2D eigenvalue weighted by molar-refractivity contribution is 7.16. The van der Waals surface area contributed by atoms with Gasteiger partial charge >= 0.3 is 6.09 Å². The second kappa shape index (κ2) is 11.4. The molecular formula is C30H29FN6O5S. The lowest BCUT2D eigenvalue weighted by Gasteiger charge is -2.30. The van der Waals surface area contributed by atoms with E-state index in [2.05, 4.69) is 10.1 Å². The second-order valence-electron chi connectivity index (χ2n) is 10.4. The minimum atomic E-state index is -0.972. The SMILES string of the molecule is CC(Oc1cc(-n2cnc3cc(-c4cnn(C)c4)ccc32)sc1C(N)=O)c1cccc(OC2CCN(C(=O)O)CC2)c1F. The van der Waals surface area contributed by atoms with Crippen molar-refractivity contribution in [3.8, 4) is 27.6 Å². The fourth-order valence-electron chi connectivity index (χ4n) is 5.21. The van der Waals surface area contributed by atoms with Gasteiger partial charge in [0.05, 0.1) is 17.2 Å². The van der Waals surface area contributed by atoms with E-state index in [9.17, 15) is 9.59 Å². The molecule has 222 valence electrons. The Kier molecular flexibility index (Phi) is 7.48. The molecule has 1 aliphatic rings. The quantitative estimate of drug-likeness (QED) is 0.242. The monoisotopic (exact) mass is 604 g/mol. The van der Waals surface area contributed by atoms with Gasteiger partial charge in [-0.2, -0.15) is 5.10 Å². The summed E-state index contributed by atoms with van der Waals surface area (Å²) in [4.78, 5) is 29.6. The third-order valence-electron chi connectivity index (χ3n) is 7.47. The number of hydrogen-bond acceptors (Lipinski definition) is 7. The number of primary amides is 1. The molecule has 1 atom stereocenters. The number of ether oxygens (including phenoxy) is 2. The smallest absolute Gasteiger partial charge is 0.407 e. The fraction of sp³-hybridized carbons (Fsp3) is 0.267. The molecule has 6 rings (SSSR count). The van der Waals surface area contributed by atoms with Gasteiger partial charge < -0.3 is 25.2 Å². The summed E-state index contributed by atoms with van der Waals surface area (Å²) < 4.78 is 31.2. The number of aryl methyl sites for hydroxylation is 1. The third-order valence-corrected chi connectivity index (χ3v) is 8.60. The van der Waals surface area contributed by atoms with Crippen LogP contribution in [0.25, 0.3) is 27.2 Å². The van der Waals surface area contributed by atoms with Crippen LogP contribution in [0.15, 0.2) is 61.2 Å². The number of halogens is 1.